The topological polar surface area (TPSA) is 71.2 Å². The molecule has 1 fully saturated rings. The Balaban J connectivity index is 1.89. The zero-order valence-corrected chi connectivity index (χ0v) is 8.90. The van der Waals surface area contributed by atoms with Crippen LogP contribution < -0.4 is 11.1 Å². The number of pyridine rings is 1. The third-order valence-electron chi connectivity index (χ3n) is 2.92. The Labute approximate surface area is 89.5 Å². The SMILES string of the molecule is CC1(NCC(O)c2ccc(N)nc2)CC1. The van der Waals surface area contributed by atoms with Crippen LogP contribution in [0.5, 0.6) is 0 Å². The number of aliphatic hydroxyl groups excluding tert-OH is 1. The van der Waals surface area contributed by atoms with Gasteiger partial charge >= 0.3 is 0 Å². The van der Waals surface area contributed by atoms with Crippen LogP contribution in [0.1, 0.15) is 31.4 Å². The van der Waals surface area contributed by atoms with Crippen LogP contribution in [0.3, 0.4) is 0 Å². The highest BCUT2D eigenvalue weighted by Gasteiger charge is 2.36. The number of rotatable bonds is 4. The standard InChI is InChI=1S/C11H17N3O/c1-11(4-5-11)14-7-9(15)8-2-3-10(12)13-6-8/h2-3,6,9,14-15H,4-5,7H2,1H3,(H2,12,13). The number of nitrogen functional groups attached to an aromatic ring is 1. The highest BCUT2D eigenvalue weighted by molar-refractivity contribution is 5.30. The fourth-order valence-electron chi connectivity index (χ4n) is 1.44. The summed E-state index contributed by atoms with van der Waals surface area (Å²) in [7, 11) is 0. The van der Waals surface area contributed by atoms with Gasteiger partial charge in [0.15, 0.2) is 0 Å². The molecule has 0 radical (unpaired) electrons. The second-order valence-corrected chi connectivity index (χ2v) is 4.47. The molecule has 1 atom stereocenters. The highest BCUT2D eigenvalue weighted by Crippen LogP contribution is 2.34. The lowest BCUT2D eigenvalue weighted by Crippen LogP contribution is -2.32. The number of hydrogen-bond donors (Lipinski definition) is 3. The number of aromatic nitrogens is 1. The maximum Gasteiger partial charge on any atom is 0.123 e. The normalized spacial score (nSPS) is 19.9. The van der Waals surface area contributed by atoms with E-state index >= 15 is 0 Å². The molecule has 1 aromatic rings. The smallest absolute Gasteiger partial charge is 0.123 e. The number of nitrogens with two attached hydrogens (primary N) is 1. The summed E-state index contributed by atoms with van der Waals surface area (Å²) in [5, 5.41) is 13.2. The van der Waals surface area contributed by atoms with Gasteiger partial charge in [-0.25, -0.2) is 4.98 Å². The second kappa shape index (κ2) is 3.79. The molecule has 4 nitrogen and oxygen atoms in total. The van der Waals surface area contributed by atoms with Gasteiger partial charge in [-0.15, -0.1) is 0 Å². The molecule has 1 aliphatic rings. The molecule has 2 rings (SSSR count). The minimum atomic E-state index is -0.504. The van der Waals surface area contributed by atoms with Gasteiger partial charge < -0.3 is 16.2 Å². The van der Waals surface area contributed by atoms with Gasteiger partial charge in [0.25, 0.3) is 0 Å². The average molecular weight is 207 g/mol. The molecule has 0 saturated heterocycles. The van der Waals surface area contributed by atoms with Crippen LogP contribution in [0.4, 0.5) is 5.82 Å². The third kappa shape index (κ3) is 2.67. The molecule has 82 valence electrons. The van der Waals surface area contributed by atoms with Crippen molar-refractivity contribution in [3.63, 3.8) is 0 Å². The summed E-state index contributed by atoms with van der Waals surface area (Å²) in [5.74, 6) is 0.480. The van der Waals surface area contributed by atoms with Gasteiger partial charge in [0.2, 0.25) is 0 Å². The van der Waals surface area contributed by atoms with Crippen LogP contribution in [-0.2, 0) is 0 Å². The van der Waals surface area contributed by atoms with Crippen molar-refractivity contribution >= 4 is 5.82 Å². The Kier molecular flexibility index (Phi) is 2.63. The first-order chi connectivity index (χ1) is 7.09. The molecule has 0 aromatic carbocycles. The van der Waals surface area contributed by atoms with Gasteiger partial charge in [-0.1, -0.05) is 6.07 Å². The van der Waals surface area contributed by atoms with Gasteiger partial charge in [0.05, 0.1) is 6.10 Å². The van der Waals surface area contributed by atoms with E-state index in [1.807, 2.05) is 6.07 Å². The number of β-amino-alcohol motifs (C(OH)–C–C–N with tert-alkyl or cyclic N) is 1. The molecule has 1 unspecified atom stereocenters. The molecule has 15 heavy (non-hydrogen) atoms. The third-order valence-corrected chi connectivity index (χ3v) is 2.92. The van der Waals surface area contributed by atoms with Crippen molar-refractivity contribution in [3.05, 3.63) is 23.9 Å². The minimum absolute atomic E-state index is 0.252. The van der Waals surface area contributed by atoms with Crippen molar-refractivity contribution in [2.45, 2.75) is 31.4 Å². The maximum atomic E-state index is 9.86. The average Bonchev–Trinajstić information content (AvgIpc) is 2.95. The Morgan fingerprint density at radius 3 is 2.87 bits per heavy atom. The van der Waals surface area contributed by atoms with Crippen LogP contribution in [0, 0.1) is 0 Å². The summed E-state index contributed by atoms with van der Waals surface area (Å²) in [4.78, 5) is 3.95. The molecular weight excluding hydrogens is 190 g/mol. The molecule has 1 aliphatic carbocycles. The molecule has 0 amide bonds. The Hall–Kier alpha value is -1.13. The summed E-state index contributed by atoms with van der Waals surface area (Å²) in [6, 6.07) is 3.52. The highest BCUT2D eigenvalue weighted by atomic mass is 16.3. The zero-order valence-electron chi connectivity index (χ0n) is 8.90. The largest absolute Gasteiger partial charge is 0.387 e. The molecule has 4 heteroatoms. The lowest BCUT2D eigenvalue weighted by atomic mass is 10.1. The van der Waals surface area contributed by atoms with Gasteiger partial charge in [0.1, 0.15) is 5.82 Å². The molecule has 0 spiro atoms. The first-order valence-electron chi connectivity index (χ1n) is 5.24. The van der Waals surface area contributed by atoms with Crippen molar-refractivity contribution < 1.29 is 5.11 Å². The first-order valence-corrected chi connectivity index (χ1v) is 5.24. The predicted molar refractivity (Wildman–Crippen MR) is 59.3 cm³/mol. The van der Waals surface area contributed by atoms with E-state index in [2.05, 4.69) is 17.2 Å². The summed E-state index contributed by atoms with van der Waals surface area (Å²) in [6.07, 6.45) is 3.51. The number of aliphatic hydroxyl groups is 1. The van der Waals surface area contributed by atoms with E-state index in [-0.39, 0.29) is 5.54 Å². The fourth-order valence-corrected chi connectivity index (χ4v) is 1.44. The number of nitrogens with zero attached hydrogens (tertiary/aromatic N) is 1. The maximum absolute atomic E-state index is 9.86. The molecular formula is C11H17N3O. The van der Waals surface area contributed by atoms with E-state index in [1.54, 1.807) is 12.3 Å². The minimum Gasteiger partial charge on any atom is -0.387 e. The van der Waals surface area contributed by atoms with Gasteiger partial charge in [-0.2, -0.15) is 0 Å². The van der Waals surface area contributed by atoms with Crippen molar-refractivity contribution in [3.8, 4) is 0 Å². The molecule has 1 heterocycles. The van der Waals surface area contributed by atoms with E-state index in [0.717, 1.165) is 5.56 Å². The van der Waals surface area contributed by atoms with E-state index < -0.39 is 6.10 Å². The Morgan fingerprint density at radius 1 is 1.60 bits per heavy atom. The Morgan fingerprint density at radius 2 is 2.33 bits per heavy atom. The van der Waals surface area contributed by atoms with Gasteiger partial charge in [0, 0.05) is 23.8 Å². The summed E-state index contributed by atoms with van der Waals surface area (Å²) < 4.78 is 0. The lowest BCUT2D eigenvalue weighted by Gasteiger charge is -2.16. The van der Waals surface area contributed by atoms with Crippen molar-refractivity contribution in [1.29, 1.82) is 0 Å². The molecule has 4 N–H and O–H groups in total. The number of hydrogen-bond acceptors (Lipinski definition) is 4. The van der Waals surface area contributed by atoms with Crippen LogP contribution in [0.15, 0.2) is 18.3 Å². The summed E-state index contributed by atoms with van der Waals surface area (Å²) in [5.41, 5.74) is 6.53. The van der Waals surface area contributed by atoms with E-state index in [1.165, 1.54) is 12.8 Å². The van der Waals surface area contributed by atoms with E-state index in [0.29, 0.717) is 12.4 Å². The predicted octanol–water partition coefficient (Wildman–Crippen LogP) is 0.839. The number of anilines is 1. The summed E-state index contributed by atoms with van der Waals surface area (Å²) >= 11 is 0. The van der Waals surface area contributed by atoms with Crippen molar-refractivity contribution in [2.75, 3.05) is 12.3 Å². The van der Waals surface area contributed by atoms with Crippen LogP contribution in [-0.4, -0.2) is 22.2 Å². The van der Waals surface area contributed by atoms with Crippen molar-refractivity contribution in [2.24, 2.45) is 0 Å². The van der Waals surface area contributed by atoms with E-state index in [9.17, 15) is 5.11 Å². The monoisotopic (exact) mass is 207 g/mol. The lowest BCUT2D eigenvalue weighted by molar-refractivity contribution is 0.169. The first kappa shape index (κ1) is 10.4. The molecule has 1 saturated carbocycles. The van der Waals surface area contributed by atoms with Crippen LogP contribution in [0.25, 0.3) is 0 Å². The molecule has 1 aromatic heterocycles. The second-order valence-electron chi connectivity index (χ2n) is 4.47. The zero-order chi connectivity index (χ0) is 10.9. The van der Waals surface area contributed by atoms with E-state index in [4.69, 9.17) is 5.73 Å². The summed E-state index contributed by atoms with van der Waals surface area (Å²) in [6.45, 7) is 2.74. The van der Waals surface area contributed by atoms with Gasteiger partial charge in [-0.3, -0.25) is 0 Å². The fraction of sp³-hybridized carbons (Fsp3) is 0.545. The number of nitrogens with one attached hydrogen (secondary N) is 1. The van der Waals surface area contributed by atoms with Crippen molar-refractivity contribution in [1.82, 2.24) is 10.3 Å². The van der Waals surface area contributed by atoms with Crippen LogP contribution >= 0.6 is 0 Å². The van der Waals surface area contributed by atoms with Gasteiger partial charge in [-0.05, 0) is 25.8 Å². The quantitative estimate of drug-likeness (QED) is 0.684. The van der Waals surface area contributed by atoms with Crippen LogP contribution in [0.2, 0.25) is 0 Å². The Bertz CT molecular complexity index is 332. The molecule has 0 aliphatic heterocycles. The molecule has 0 bridgehead atoms.